The number of aliphatic hydroxyl groups excluding tert-OH is 1. The lowest BCUT2D eigenvalue weighted by Gasteiger charge is -2.16. The molecular formula is C12H16N2O5. The van der Waals surface area contributed by atoms with Crippen LogP contribution in [0, 0.1) is 10.1 Å². The lowest BCUT2D eigenvalue weighted by Crippen LogP contribution is -2.44. The Morgan fingerprint density at radius 2 is 2.11 bits per heavy atom. The van der Waals surface area contributed by atoms with E-state index in [9.17, 15) is 20.0 Å². The summed E-state index contributed by atoms with van der Waals surface area (Å²) in [7, 11) is 0. The van der Waals surface area contributed by atoms with Crippen molar-refractivity contribution in [2.75, 3.05) is 6.54 Å². The Morgan fingerprint density at radius 1 is 1.47 bits per heavy atom. The Balaban J connectivity index is 2.32. The van der Waals surface area contributed by atoms with Gasteiger partial charge in [0.05, 0.1) is 6.04 Å². The van der Waals surface area contributed by atoms with Gasteiger partial charge < -0.3 is 15.2 Å². The molecule has 19 heavy (non-hydrogen) atoms. The molecule has 1 amide bonds. The van der Waals surface area contributed by atoms with Gasteiger partial charge in [0.15, 0.2) is 0 Å². The van der Waals surface area contributed by atoms with Crippen LogP contribution in [-0.4, -0.2) is 34.8 Å². The summed E-state index contributed by atoms with van der Waals surface area (Å²) in [6.45, 7) is 0.947. The van der Waals surface area contributed by atoms with E-state index in [1.807, 2.05) is 18.2 Å². The Bertz CT molecular complexity index is 423. The average molecular weight is 268 g/mol. The third kappa shape index (κ3) is 5.82. The van der Waals surface area contributed by atoms with Gasteiger partial charge in [0, 0.05) is 4.92 Å². The number of nitro groups is 1. The number of carbonyl (C=O) groups excluding carboxylic acids is 1. The molecule has 7 nitrogen and oxygen atoms in total. The molecule has 0 saturated heterocycles. The normalized spacial score (nSPS) is 13.4. The van der Waals surface area contributed by atoms with Crippen molar-refractivity contribution >= 4 is 6.09 Å². The summed E-state index contributed by atoms with van der Waals surface area (Å²) in [5.74, 6) is 0. The first-order valence-corrected chi connectivity index (χ1v) is 5.76. The third-order valence-corrected chi connectivity index (χ3v) is 2.47. The smallest absolute Gasteiger partial charge is 0.407 e. The average Bonchev–Trinajstić information content (AvgIpc) is 2.36. The van der Waals surface area contributed by atoms with Crippen LogP contribution in [-0.2, 0) is 11.3 Å². The summed E-state index contributed by atoms with van der Waals surface area (Å²) < 4.78 is 4.92. The van der Waals surface area contributed by atoms with E-state index in [1.54, 1.807) is 12.1 Å². The summed E-state index contributed by atoms with van der Waals surface area (Å²) in [6.07, 6.45) is -1.97. The molecule has 2 N–H and O–H groups in total. The lowest BCUT2D eigenvalue weighted by molar-refractivity contribution is -0.491. The molecule has 0 saturated carbocycles. The van der Waals surface area contributed by atoms with E-state index in [0.29, 0.717) is 0 Å². The lowest BCUT2D eigenvalue weighted by atomic mass is 10.2. The zero-order valence-corrected chi connectivity index (χ0v) is 10.5. The predicted octanol–water partition coefficient (Wildman–Crippen LogP) is 0.939. The van der Waals surface area contributed by atoms with Crippen molar-refractivity contribution in [3.05, 3.63) is 46.0 Å². The topological polar surface area (TPSA) is 102 Å². The summed E-state index contributed by atoms with van der Waals surface area (Å²) >= 11 is 0. The van der Waals surface area contributed by atoms with E-state index in [2.05, 4.69) is 5.32 Å². The second-order valence-corrected chi connectivity index (χ2v) is 4.08. The van der Waals surface area contributed by atoms with Gasteiger partial charge >= 0.3 is 6.09 Å². The number of benzene rings is 1. The molecule has 0 radical (unpaired) electrons. The van der Waals surface area contributed by atoms with Crippen molar-refractivity contribution in [3.8, 4) is 0 Å². The summed E-state index contributed by atoms with van der Waals surface area (Å²) in [5.41, 5.74) is 0.830. The van der Waals surface area contributed by atoms with Crippen LogP contribution in [0.25, 0.3) is 0 Å². The first kappa shape index (κ1) is 14.9. The quantitative estimate of drug-likeness (QED) is 0.590. The molecule has 2 atom stereocenters. The fourth-order valence-corrected chi connectivity index (χ4v) is 1.36. The second kappa shape index (κ2) is 7.32. The standard InChI is InChI=1S/C12H16N2O5/c1-9(11(15)7-14(17)18)13-12(16)19-8-10-5-3-2-4-6-10/h2-6,9,11,15H,7-8H2,1H3,(H,13,16)/t9-,11-/m0/s1. The summed E-state index contributed by atoms with van der Waals surface area (Å²) in [5, 5.41) is 22.0. The molecule has 1 aromatic rings. The molecule has 0 fully saturated rings. The van der Waals surface area contributed by atoms with Gasteiger partial charge in [-0.15, -0.1) is 0 Å². The molecular weight excluding hydrogens is 252 g/mol. The van der Waals surface area contributed by atoms with Crippen molar-refractivity contribution in [2.45, 2.75) is 25.7 Å². The van der Waals surface area contributed by atoms with Crippen LogP contribution >= 0.6 is 0 Å². The number of rotatable bonds is 6. The fourth-order valence-electron chi connectivity index (χ4n) is 1.36. The minimum atomic E-state index is -1.25. The molecule has 0 heterocycles. The third-order valence-electron chi connectivity index (χ3n) is 2.47. The molecule has 1 rings (SSSR count). The van der Waals surface area contributed by atoms with E-state index in [1.165, 1.54) is 6.92 Å². The Morgan fingerprint density at radius 3 is 2.68 bits per heavy atom. The number of alkyl carbamates (subject to hydrolysis) is 1. The maximum atomic E-state index is 11.4. The van der Waals surface area contributed by atoms with Crippen molar-refractivity contribution in [2.24, 2.45) is 0 Å². The predicted molar refractivity (Wildman–Crippen MR) is 67.1 cm³/mol. The number of hydrogen-bond donors (Lipinski definition) is 2. The largest absolute Gasteiger partial charge is 0.445 e. The van der Waals surface area contributed by atoms with Gasteiger partial charge in [-0.2, -0.15) is 0 Å². The van der Waals surface area contributed by atoms with Gasteiger partial charge in [0.1, 0.15) is 12.7 Å². The van der Waals surface area contributed by atoms with Crippen LogP contribution in [0.2, 0.25) is 0 Å². The molecule has 0 aliphatic carbocycles. The van der Waals surface area contributed by atoms with Crippen molar-refractivity contribution in [3.63, 3.8) is 0 Å². The minimum Gasteiger partial charge on any atom is -0.445 e. The van der Waals surface area contributed by atoms with Crippen molar-refractivity contribution < 1.29 is 19.6 Å². The fraction of sp³-hybridized carbons (Fsp3) is 0.417. The van der Waals surface area contributed by atoms with E-state index >= 15 is 0 Å². The number of nitrogens with zero attached hydrogens (tertiary/aromatic N) is 1. The maximum absolute atomic E-state index is 11.4. The van der Waals surface area contributed by atoms with E-state index in [0.717, 1.165) is 5.56 Å². The first-order valence-electron chi connectivity index (χ1n) is 5.76. The zero-order valence-electron chi connectivity index (χ0n) is 10.5. The van der Waals surface area contributed by atoms with Gasteiger partial charge in [-0.25, -0.2) is 4.79 Å². The van der Waals surface area contributed by atoms with E-state index in [4.69, 9.17) is 4.74 Å². The number of carbonyl (C=O) groups is 1. The molecule has 0 unspecified atom stereocenters. The maximum Gasteiger partial charge on any atom is 0.407 e. The van der Waals surface area contributed by atoms with Crippen LogP contribution in [0.15, 0.2) is 30.3 Å². The number of aliphatic hydroxyl groups is 1. The van der Waals surface area contributed by atoms with Crippen LogP contribution < -0.4 is 5.32 Å². The van der Waals surface area contributed by atoms with Crippen molar-refractivity contribution in [1.82, 2.24) is 5.32 Å². The van der Waals surface area contributed by atoms with Crippen LogP contribution in [0.3, 0.4) is 0 Å². The van der Waals surface area contributed by atoms with Crippen LogP contribution in [0.5, 0.6) is 0 Å². The molecule has 7 heteroatoms. The summed E-state index contributed by atoms with van der Waals surface area (Å²) in [6, 6.07) is 8.34. The first-order chi connectivity index (χ1) is 8.99. The molecule has 0 spiro atoms. The molecule has 0 aromatic heterocycles. The SMILES string of the molecule is C[C@H](NC(=O)OCc1ccccc1)[C@@H](O)C[N+](=O)[O-]. The highest BCUT2D eigenvalue weighted by atomic mass is 16.6. The van der Waals surface area contributed by atoms with Gasteiger partial charge in [0.25, 0.3) is 0 Å². The van der Waals surface area contributed by atoms with E-state index < -0.39 is 29.7 Å². The zero-order chi connectivity index (χ0) is 14.3. The molecule has 0 bridgehead atoms. The number of hydrogen-bond acceptors (Lipinski definition) is 5. The Hall–Kier alpha value is -2.15. The van der Waals surface area contributed by atoms with Gasteiger partial charge in [-0.3, -0.25) is 10.1 Å². The van der Waals surface area contributed by atoms with Crippen molar-refractivity contribution in [1.29, 1.82) is 0 Å². The van der Waals surface area contributed by atoms with Crippen LogP contribution in [0.4, 0.5) is 4.79 Å². The highest BCUT2D eigenvalue weighted by Crippen LogP contribution is 2.01. The number of nitrogens with one attached hydrogen (secondary N) is 1. The van der Waals surface area contributed by atoms with Crippen LogP contribution in [0.1, 0.15) is 12.5 Å². The highest BCUT2D eigenvalue weighted by Gasteiger charge is 2.21. The minimum absolute atomic E-state index is 0.102. The Labute approximate surface area is 110 Å². The van der Waals surface area contributed by atoms with E-state index in [-0.39, 0.29) is 6.61 Å². The number of ether oxygens (including phenoxy) is 1. The molecule has 1 aromatic carbocycles. The number of amides is 1. The molecule has 0 aliphatic rings. The van der Waals surface area contributed by atoms with Gasteiger partial charge in [-0.05, 0) is 12.5 Å². The molecule has 104 valence electrons. The second-order valence-electron chi connectivity index (χ2n) is 4.08. The summed E-state index contributed by atoms with van der Waals surface area (Å²) in [4.78, 5) is 21.0. The monoisotopic (exact) mass is 268 g/mol. The molecule has 0 aliphatic heterocycles. The van der Waals surface area contributed by atoms with Gasteiger partial charge in [-0.1, -0.05) is 30.3 Å². The van der Waals surface area contributed by atoms with Gasteiger partial charge in [0.2, 0.25) is 6.54 Å². The highest BCUT2D eigenvalue weighted by molar-refractivity contribution is 5.67. The Kier molecular flexibility index (Phi) is 5.74.